The van der Waals surface area contributed by atoms with E-state index in [0.717, 1.165) is 58.7 Å². The second-order valence-electron chi connectivity index (χ2n) is 10.5. The lowest BCUT2D eigenvalue weighted by atomic mass is 10.1. The van der Waals surface area contributed by atoms with E-state index >= 15 is 0 Å². The van der Waals surface area contributed by atoms with Crippen LogP contribution in [0.4, 0.5) is 19.0 Å². The van der Waals surface area contributed by atoms with Crippen LogP contribution < -0.4 is 15.0 Å². The Hall–Kier alpha value is -4.83. The molecule has 16 heteroatoms. The van der Waals surface area contributed by atoms with Crippen molar-refractivity contribution in [1.29, 1.82) is 0 Å². The molecule has 2 N–H and O–H groups in total. The molecular formula is C30H29F3N6O6S. The Balaban J connectivity index is 1.43. The summed E-state index contributed by atoms with van der Waals surface area (Å²) in [4.78, 5) is 39.3. The Morgan fingerprint density at radius 1 is 1.02 bits per heavy atom. The number of halogens is 3. The SMILES string of the molecule is CCCc1ccc(CNC(=O)C2CN(c3cnc4cncc(C(=O)O)c4n3)CCN2S(=O)(=O)c2ccc(OC(F)(F)F)cc2)cc1. The normalized spacial score (nSPS) is 15.9. The fourth-order valence-corrected chi connectivity index (χ4v) is 6.65. The van der Waals surface area contributed by atoms with Gasteiger partial charge in [-0.1, -0.05) is 37.6 Å². The van der Waals surface area contributed by atoms with Gasteiger partial charge in [-0.3, -0.25) is 9.78 Å². The molecular weight excluding hydrogens is 629 g/mol. The lowest BCUT2D eigenvalue weighted by Crippen LogP contribution is -2.60. The summed E-state index contributed by atoms with van der Waals surface area (Å²) in [5.74, 6) is -2.25. The first-order chi connectivity index (χ1) is 21.9. The molecule has 1 fully saturated rings. The van der Waals surface area contributed by atoms with Gasteiger partial charge in [0, 0.05) is 32.4 Å². The standard InChI is InChI=1S/C30H29F3N6O6S/c1-2-3-19-4-6-20(7-5-19)14-36-28(40)25-18-38(26-17-35-24-16-34-15-23(29(41)42)27(24)37-26)12-13-39(25)46(43,44)22-10-8-21(9-11-22)45-30(31,32)33/h4-11,15-17,25H,2-3,12-14,18H2,1H3,(H,36,40)(H,41,42). The Morgan fingerprint density at radius 3 is 2.37 bits per heavy atom. The molecule has 0 bridgehead atoms. The highest BCUT2D eigenvalue weighted by molar-refractivity contribution is 7.89. The molecule has 1 aliphatic heterocycles. The number of nitrogens with one attached hydrogen (secondary N) is 1. The molecule has 0 radical (unpaired) electrons. The number of fused-ring (bicyclic) bond motifs is 1. The van der Waals surface area contributed by atoms with Crippen LogP contribution in [0.25, 0.3) is 11.0 Å². The second-order valence-corrected chi connectivity index (χ2v) is 12.4. The number of alkyl halides is 3. The predicted molar refractivity (Wildman–Crippen MR) is 160 cm³/mol. The number of carboxylic acids is 1. The summed E-state index contributed by atoms with van der Waals surface area (Å²) in [5.41, 5.74) is 2.07. The number of nitrogens with zero attached hydrogens (tertiary/aromatic N) is 5. The Morgan fingerprint density at radius 2 is 1.72 bits per heavy atom. The second kappa shape index (κ2) is 13.3. The first-order valence-corrected chi connectivity index (χ1v) is 15.6. The zero-order valence-electron chi connectivity index (χ0n) is 24.4. The average Bonchev–Trinajstić information content (AvgIpc) is 3.03. The van der Waals surface area contributed by atoms with Gasteiger partial charge in [-0.25, -0.2) is 23.2 Å². The number of aromatic nitrogens is 3. The monoisotopic (exact) mass is 658 g/mol. The minimum atomic E-state index is -4.95. The third-order valence-electron chi connectivity index (χ3n) is 7.32. The zero-order chi connectivity index (χ0) is 33.1. The highest BCUT2D eigenvalue weighted by Gasteiger charge is 2.41. The van der Waals surface area contributed by atoms with Crippen LogP contribution in [0.5, 0.6) is 5.75 Å². The third kappa shape index (κ3) is 7.34. The number of sulfonamides is 1. The van der Waals surface area contributed by atoms with Gasteiger partial charge in [0.25, 0.3) is 0 Å². The number of carboxylic acid groups (broad SMARTS) is 1. The summed E-state index contributed by atoms with van der Waals surface area (Å²) in [6.45, 7) is 1.85. The number of carbonyl (C=O) groups excluding carboxylic acids is 1. The number of hydrogen-bond acceptors (Lipinski definition) is 9. The van der Waals surface area contributed by atoms with Crippen molar-refractivity contribution in [2.45, 2.75) is 43.6 Å². The molecule has 2 aromatic carbocycles. The van der Waals surface area contributed by atoms with Crippen molar-refractivity contribution in [3.8, 4) is 5.75 Å². The maximum atomic E-state index is 13.8. The molecule has 1 unspecified atom stereocenters. The lowest BCUT2D eigenvalue weighted by Gasteiger charge is -2.40. The van der Waals surface area contributed by atoms with Crippen LogP contribution in [0.1, 0.15) is 34.8 Å². The van der Waals surface area contributed by atoms with Crippen molar-refractivity contribution in [1.82, 2.24) is 24.6 Å². The molecule has 0 aliphatic carbocycles. The molecule has 1 saturated heterocycles. The van der Waals surface area contributed by atoms with Crippen LogP contribution in [-0.2, 0) is 27.8 Å². The smallest absolute Gasteiger partial charge is 0.478 e. The van der Waals surface area contributed by atoms with Crippen molar-refractivity contribution in [2.24, 2.45) is 0 Å². The van der Waals surface area contributed by atoms with Crippen LogP contribution in [0.2, 0.25) is 0 Å². The molecule has 0 spiro atoms. The molecule has 1 atom stereocenters. The average molecular weight is 659 g/mol. The van der Waals surface area contributed by atoms with Crippen LogP contribution in [-0.4, -0.2) is 76.7 Å². The van der Waals surface area contributed by atoms with E-state index in [1.807, 2.05) is 24.3 Å². The fraction of sp³-hybridized carbons (Fsp3) is 0.300. The quantitative estimate of drug-likeness (QED) is 0.257. The first kappa shape index (κ1) is 32.6. The number of anilines is 1. The van der Waals surface area contributed by atoms with Crippen molar-refractivity contribution < 1.29 is 41.0 Å². The largest absolute Gasteiger partial charge is 0.573 e. The van der Waals surface area contributed by atoms with Gasteiger partial charge < -0.3 is 20.1 Å². The lowest BCUT2D eigenvalue weighted by molar-refractivity contribution is -0.274. The summed E-state index contributed by atoms with van der Waals surface area (Å²) in [5, 5.41) is 12.4. The number of rotatable bonds is 10. The summed E-state index contributed by atoms with van der Waals surface area (Å²) < 4.78 is 70.3. The van der Waals surface area contributed by atoms with Gasteiger partial charge in [-0.15, -0.1) is 13.2 Å². The number of carbonyl (C=O) groups is 2. The molecule has 1 amide bonds. The summed E-state index contributed by atoms with van der Waals surface area (Å²) in [7, 11) is -4.38. The zero-order valence-corrected chi connectivity index (χ0v) is 25.3. The van der Waals surface area contributed by atoms with Crippen molar-refractivity contribution in [3.05, 3.63) is 83.8 Å². The van der Waals surface area contributed by atoms with Gasteiger partial charge in [-0.2, -0.15) is 4.31 Å². The first-order valence-electron chi connectivity index (χ1n) is 14.2. The highest BCUT2D eigenvalue weighted by Crippen LogP contribution is 2.28. The Kier molecular flexibility index (Phi) is 9.39. The number of aryl methyl sites for hydroxylation is 1. The van der Waals surface area contributed by atoms with Crippen molar-refractivity contribution in [2.75, 3.05) is 24.5 Å². The van der Waals surface area contributed by atoms with Crippen LogP contribution in [0, 0.1) is 0 Å². The minimum absolute atomic E-state index is 0.0465. The fourth-order valence-electron chi connectivity index (χ4n) is 5.08. The molecule has 4 aromatic rings. The molecule has 3 heterocycles. The number of piperazine rings is 1. The number of amides is 1. The molecule has 12 nitrogen and oxygen atoms in total. The van der Waals surface area contributed by atoms with Gasteiger partial charge in [-0.05, 0) is 41.8 Å². The Bertz CT molecular complexity index is 1840. The minimum Gasteiger partial charge on any atom is -0.478 e. The molecule has 5 rings (SSSR count). The number of hydrogen-bond donors (Lipinski definition) is 2. The Labute approximate surface area is 261 Å². The van der Waals surface area contributed by atoms with Gasteiger partial charge in [0.2, 0.25) is 15.9 Å². The summed E-state index contributed by atoms with van der Waals surface area (Å²) >= 11 is 0. The van der Waals surface area contributed by atoms with E-state index in [9.17, 15) is 36.3 Å². The van der Waals surface area contributed by atoms with Crippen LogP contribution in [0.15, 0.2) is 72.0 Å². The van der Waals surface area contributed by atoms with E-state index in [-0.39, 0.29) is 53.5 Å². The van der Waals surface area contributed by atoms with Gasteiger partial charge >= 0.3 is 12.3 Å². The van der Waals surface area contributed by atoms with E-state index < -0.39 is 40.1 Å². The van der Waals surface area contributed by atoms with Gasteiger partial charge in [0.05, 0.1) is 17.3 Å². The molecule has 46 heavy (non-hydrogen) atoms. The number of benzene rings is 2. The van der Waals surface area contributed by atoms with E-state index in [4.69, 9.17) is 0 Å². The predicted octanol–water partition coefficient (Wildman–Crippen LogP) is 3.77. The molecule has 1 aliphatic rings. The van der Waals surface area contributed by atoms with E-state index in [2.05, 4.69) is 31.9 Å². The van der Waals surface area contributed by atoms with Crippen molar-refractivity contribution >= 4 is 38.8 Å². The third-order valence-corrected chi connectivity index (χ3v) is 9.25. The topological polar surface area (TPSA) is 155 Å². The number of pyridine rings is 1. The maximum absolute atomic E-state index is 13.8. The van der Waals surface area contributed by atoms with E-state index in [1.165, 1.54) is 12.4 Å². The molecule has 242 valence electrons. The van der Waals surface area contributed by atoms with E-state index in [0.29, 0.717) is 0 Å². The molecule has 2 aromatic heterocycles. The van der Waals surface area contributed by atoms with Crippen LogP contribution >= 0.6 is 0 Å². The number of ether oxygens (including phenoxy) is 1. The van der Waals surface area contributed by atoms with Crippen molar-refractivity contribution in [3.63, 3.8) is 0 Å². The van der Waals surface area contributed by atoms with Gasteiger partial charge in [0.15, 0.2) is 0 Å². The summed E-state index contributed by atoms with van der Waals surface area (Å²) in [6, 6.07) is 10.1. The van der Waals surface area contributed by atoms with Gasteiger partial charge in [0.1, 0.15) is 34.2 Å². The van der Waals surface area contributed by atoms with Crippen LogP contribution in [0.3, 0.4) is 0 Å². The van der Waals surface area contributed by atoms with E-state index in [1.54, 1.807) is 4.90 Å². The highest BCUT2D eigenvalue weighted by atomic mass is 32.2. The molecule has 0 saturated carbocycles. The number of aromatic carboxylic acids is 1. The summed E-state index contributed by atoms with van der Waals surface area (Å²) in [6.07, 6.45) is 0.814. The maximum Gasteiger partial charge on any atom is 0.573 e.